The predicted molar refractivity (Wildman–Crippen MR) is 172 cm³/mol. The van der Waals surface area contributed by atoms with E-state index in [0.717, 1.165) is 44.1 Å². The topological polar surface area (TPSA) is 79.0 Å². The van der Waals surface area contributed by atoms with Gasteiger partial charge in [0.2, 0.25) is 0 Å². The minimum Gasteiger partial charge on any atom is -0.308 e. The molecule has 0 bridgehead atoms. The van der Waals surface area contributed by atoms with E-state index < -0.39 is 0 Å². The molecular formula is C38H22N4O2. The summed E-state index contributed by atoms with van der Waals surface area (Å²) in [6, 6.07) is 40.8. The van der Waals surface area contributed by atoms with Gasteiger partial charge in [-0.2, -0.15) is 5.26 Å². The van der Waals surface area contributed by atoms with Gasteiger partial charge in [-0.05, 0) is 59.2 Å². The molecule has 7 aromatic rings. The highest BCUT2D eigenvalue weighted by Gasteiger charge is 2.39. The molecular weight excluding hydrogens is 544 g/mol. The number of hydrogen-bond donors (Lipinski definition) is 0. The van der Waals surface area contributed by atoms with Crippen LogP contribution < -0.4 is 4.90 Å². The van der Waals surface area contributed by atoms with Gasteiger partial charge in [0, 0.05) is 28.7 Å². The Morgan fingerprint density at radius 2 is 1.32 bits per heavy atom. The molecule has 1 aliphatic rings. The molecule has 0 fully saturated rings. The molecule has 0 unspecified atom stereocenters. The minimum absolute atomic E-state index is 0.352. The normalized spacial score (nSPS) is 12.6. The lowest BCUT2D eigenvalue weighted by Gasteiger charge is -2.15. The Labute approximate surface area is 252 Å². The van der Waals surface area contributed by atoms with Crippen molar-refractivity contribution < 1.29 is 9.59 Å². The predicted octanol–water partition coefficient (Wildman–Crippen LogP) is 8.18. The molecule has 2 amide bonds. The largest absolute Gasteiger partial charge is 0.308 e. The molecule has 5 aromatic carbocycles. The van der Waals surface area contributed by atoms with Gasteiger partial charge in [-0.15, -0.1) is 0 Å². The number of anilines is 1. The van der Waals surface area contributed by atoms with E-state index in [1.807, 2.05) is 114 Å². The lowest BCUT2D eigenvalue weighted by Crippen LogP contribution is -2.29. The number of amides is 2. The average Bonchev–Trinajstić information content (AvgIpc) is 3.56. The minimum atomic E-state index is -0.367. The van der Waals surface area contributed by atoms with Gasteiger partial charge in [0.1, 0.15) is 0 Å². The zero-order valence-corrected chi connectivity index (χ0v) is 23.3. The Morgan fingerprint density at radius 3 is 2.14 bits per heavy atom. The second-order valence-corrected chi connectivity index (χ2v) is 10.6. The van der Waals surface area contributed by atoms with Crippen molar-refractivity contribution in [2.75, 3.05) is 4.90 Å². The van der Waals surface area contributed by atoms with E-state index in [0.29, 0.717) is 28.1 Å². The van der Waals surface area contributed by atoms with Crippen LogP contribution in [0.2, 0.25) is 0 Å². The third-order valence-electron chi connectivity index (χ3n) is 8.30. The maximum absolute atomic E-state index is 14.2. The second-order valence-electron chi connectivity index (χ2n) is 10.6. The van der Waals surface area contributed by atoms with Crippen molar-refractivity contribution in [3.63, 3.8) is 0 Å². The van der Waals surface area contributed by atoms with E-state index in [1.54, 1.807) is 24.5 Å². The molecule has 0 atom stereocenters. The fraction of sp³-hybridized carbons (Fsp3) is 0. The number of nitriles is 1. The summed E-state index contributed by atoms with van der Waals surface area (Å²) in [7, 11) is 0. The number of hydrogen-bond acceptors (Lipinski definition) is 4. The van der Waals surface area contributed by atoms with E-state index in [-0.39, 0.29) is 11.8 Å². The number of carbonyl (C=O) groups is 2. The van der Waals surface area contributed by atoms with E-state index >= 15 is 0 Å². The zero-order chi connectivity index (χ0) is 29.8. The van der Waals surface area contributed by atoms with Gasteiger partial charge >= 0.3 is 0 Å². The van der Waals surface area contributed by atoms with Gasteiger partial charge in [-0.1, -0.05) is 78.9 Å². The molecule has 0 aliphatic carbocycles. The Morgan fingerprint density at radius 1 is 0.614 bits per heavy atom. The van der Waals surface area contributed by atoms with E-state index in [2.05, 4.69) is 11.1 Å². The summed E-state index contributed by atoms with van der Waals surface area (Å²) < 4.78 is 2.04. The monoisotopic (exact) mass is 566 g/mol. The molecule has 6 heteroatoms. The van der Waals surface area contributed by atoms with Crippen LogP contribution in [-0.4, -0.2) is 21.4 Å². The molecule has 44 heavy (non-hydrogen) atoms. The number of para-hydroxylation sites is 1. The summed E-state index contributed by atoms with van der Waals surface area (Å²) in [6.45, 7) is 0. The number of nitrogens with zero attached hydrogens (tertiary/aromatic N) is 4. The quantitative estimate of drug-likeness (QED) is 0.201. The first-order valence-electron chi connectivity index (χ1n) is 14.2. The van der Waals surface area contributed by atoms with Gasteiger partial charge in [-0.25, -0.2) is 4.90 Å². The van der Waals surface area contributed by atoms with Gasteiger partial charge in [-0.3, -0.25) is 14.6 Å². The fourth-order valence-electron chi connectivity index (χ4n) is 6.33. The molecule has 8 rings (SSSR count). The highest BCUT2D eigenvalue weighted by molar-refractivity contribution is 6.36. The molecule has 2 aromatic heterocycles. The molecule has 0 spiro atoms. The first-order chi connectivity index (χ1) is 21.7. The second kappa shape index (κ2) is 9.90. The first-order valence-corrected chi connectivity index (χ1v) is 14.2. The van der Waals surface area contributed by atoms with Gasteiger partial charge in [0.05, 0.1) is 45.2 Å². The summed E-state index contributed by atoms with van der Waals surface area (Å²) in [5.74, 6) is -0.719. The van der Waals surface area contributed by atoms with Gasteiger partial charge in [0.25, 0.3) is 11.8 Å². The molecule has 0 saturated carbocycles. The highest BCUT2D eigenvalue weighted by atomic mass is 16.2. The van der Waals surface area contributed by atoms with Crippen LogP contribution in [0.1, 0.15) is 26.3 Å². The van der Waals surface area contributed by atoms with Crippen molar-refractivity contribution in [2.45, 2.75) is 0 Å². The SMILES string of the molecule is N#Cc1ccncc1-c1cccc2c1c1ccccc1n2-c1cccc2c1C(=O)N(c1ccc(-c3ccccc3)cc1)C2=O. The number of rotatable bonds is 4. The van der Waals surface area contributed by atoms with Crippen LogP contribution in [0.4, 0.5) is 5.69 Å². The Hall–Kier alpha value is -6.32. The summed E-state index contributed by atoms with van der Waals surface area (Å²) >= 11 is 0. The van der Waals surface area contributed by atoms with Crippen LogP contribution in [0.25, 0.3) is 49.7 Å². The molecule has 0 saturated heterocycles. The summed E-state index contributed by atoms with van der Waals surface area (Å²) in [5.41, 5.74) is 7.80. The van der Waals surface area contributed by atoms with Crippen molar-refractivity contribution in [3.05, 3.63) is 150 Å². The Kier molecular flexibility index (Phi) is 5.71. The Balaban J connectivity index is 1.31. The van der Waals surface area contributed by atoms with Crippen LogP contribution in [0.5, 0.6) is 0 Å². The van der Waals surface area contributed by atoms with Gasteiger partial charge < -0.3 is 4.57 Å². The highest BCUT2D eigenvalue weighted by Crippen LogP contribution is 2.41. The number of pyridine rings is 1. The lowest BCUT2D eigenvalue weighted by molar-refractivity contribution is 0.0926. The third-order valence-corrected chi connectivity index (χ3v) is 8.30. The summed E-state index contributed by atoms with van der Waals surface area (Å²) in [5, 5.41) is 11.7. The van der Waals surface area contributed by atoms with E-state index in [1.165, 1.54) is 4.90 Å². The van der Waals surface area contributed by atoms with Crippen LogP contribution >= 0.6 is 0 Å². The Bertz CT molecular complexity index is 2330. The fourth-order valence-corrected chi connectivity index (χ4v) is 6.33. The van der Waals surface area contributed by atoms with Crippen molar-refractivity contribution in [3.8, 4) is 34.0 Å². The number of imide groups is 1. The summed E-state index contributed by atoms with van der Waals surface area (Å²) in [6.07, 6.45) is 3.32. The maximum Gasteiger partial charge on any atom is 0.268 e. The molecule has 3 heterocycles. The number of fused-ring (bicyclic) bond motifs is 4. The standard InChI is InChI=1S/C38H22N4O2/c39-22-26-20-21-40-23-31(26)28-11-6-14-33-35(28)29-10-4-5-13-32(29)42(33)34-15-7-12-30-36(34)38(44)41(37(30)43)27-18-16-25(17-19-27)24-8-2-1-3-9-24/h1-21,23H. The average molecular weight is 567 g/mol. The molecule has 0 N–H and O–H groups in total. The van der Waals surface area contributed by atoms with Crippen molar-refractivity contribution in [1.29, 1.82) is 5.26 Å². The maximum atomic E-state index is 14.2. The lowest BCUT2D eigenvalue weighted by atomic mass is 9.97. The summed E-state index contributed by atoms with van der Waals surface area (Å²) in [4.78, 5) is 33.5. The van der Waals surface area contributed by atoms with E-state index in [9.17, 15) is 14.9 Å². The number of benzene rings is 5. The van der Waals surface area contributed by atoms with Crippen molar-refractivity contribution in [2.24, 2.45) is 0 Å². The number of carbonyl (C=O) groups excluding carboxylic acids is 2. The molecule has 1 aliphatic heterocycles. The number of aromatic nitrogens is 2. The van der Waals surface area contributed by atoms with Crippen molar-refractivity contribution in [1.82, 2.24) is 9.55 Å². The van der Waals surface area contributed by atoms with Crippen molar-refractivity contribution >= 4 is 39.3 Å². The molecule has 6 nitrogen and oxygen atoms in total. The van der Waals surface area contributed by atoms with Crippen LogP contribution in [0.3, 0.4) is 0 Å². The van der Waals surface area contributed by atoms with Crippen LogP contribution in [0, 0.1) is 11.3 Å². The van der Waals surface area contributed by atoms with Crippen LogP contribution in [0.15, 0.2) is 134 Å². The molecule has 206 valence electrons. The van der Waals surface area contributed by atoms with Crippen LogP contribution in [-0.2, 0) is 0 Å². The van der Waals surface area contributed by atoms with Gasteiger partial charge in [0.15, 0.2) is 0 Å². The van der Waals surface area contributed by atoms with E-state index in [4.69, 9.17) is 0 Å². The third kappa shape index (κ3) is 3.70. The smallest absolute Gasteiger partial charge is 0.268 e. The molecule has 0 radical (unpaired) electrons. The zero-order valence-electron chi connectivity index (χ0n) is 23.3. The first kappa shape index (κ1) is 25.4.